The minimum atomic E-state index is -0.260. The van der Waals surface area contributed by atoms with E-state index in [-0.39, 0.29) is 11.8 Å². The van der Waals surface area contributed by atoms with E-state index < -0.39 is 0 Å². The molecule has 0 amide bonds. The molecule has 0 saturated heterocycles. The van der Waals surface area contributed by atoms with Crippen LogP contribution in [0.1, 0.15) is 51.9 Å². The lowest BCUT2D eigenvalue weighted by atomic mass is 9.98. The highest BCUT2D eigenvalue weighted by Crippen LogP contribution is 2.19. The maximum atomic E-state index is 11.8. The van der Waals surface area contributed by atoms with Crippen molar-refractivity contribution in [2.45, 2.75) is 57.9 Å². The van der Waals surface area contributed by atoms with Gasteiger partial charge in [-0.3, -0.25) is 4.79 Å². The van der Waals surface area contributed by atoms with E-state index in [0.29, 0.717) is 0 Å². The van der Waals surface area contributed by atoms with Crippen molar-refractivity contribution < 1.29 is 4.79 Å². The van der Waals surface area contributed by atoms with Crippen LogP contribution in [0.4, 0.5) is 0 Å². The molecule has 0 aromatic carbocycles. The van der Waals surface area contributed by atoms with Gasteiger partial charge in [0, 0.05) is 0 Å². The molecule has 2 heteroatoms. The highest BCUT2D eigenvalue weighted by atomic mass is 16.1. The first-order valence-corrected chi connectivity index (χ1v) is 5.74. The number of rotatable bonds is 4. The summed E-state index contributed by atoms with van der Waals surface area (Å²) < 4.78 is 0. The Morgan fingerprint density at radius 2 is 2.29 bits per heavy atom. The molecular weight excluding hydrogens is 174 g/mol. The second-order valence-corrected chi connectivity index (χ2v) is 4.09. The zero-order valence-corrected chi connectivity index (χ0v) is 9.09. The van der Waals surface area contributed by atoms with E-state index in [0.717, 1.165) is 37.7 Å². The number of hydrogen-bond donors (Lipinski definition) is 1. The average Bonchev–Trinajstić information content (AvgIpc) is 2.45. The van der Waals surface area contributed by atoms with Crippen LogP contribution in [0.25, 0.3) is 0 Å². The normalized spacial score (nSPS) is 19.7. The molecular formula is C12H21NO. The molecule has 14 heavy (non-hydrogen) atoms. The van der Waals surface area contributed by atoms with Gasteiger partial charge in [0.1, 0.15) is 0 Å². The van der Waals surface area contributed by atoms with E-state index in [4.69, 9.17) is 5.73 Å². The fraction of sp³-hybridized carbons (Fsp3) is 0.750. The molecule has 0 spiro atoms. The standard InChI is InChI=1S/C12H21NO/c1-2-7-11(13)12(14)10-8-5-3-4-6-9-10/h8,11H,2-7,9,13H2,1H3. The predicted molar refractivity (Wildman–Crippen MR) is 59.1 cm³/mol. The molecule has 1 atom stereocenters. The fourth-order valence-electron chi connectivity index (χ4n) is 1.92. The molecule has 1 aliphatic carbocycles. The number of carbonyl (C=O) groups excluding carboxylic acids is 1. The highest BCUT2D eigenvalue weighted by Gasteiger charge is 2.17. The molecule has 0 aromatic rings. The quantitative estimate of drug-likeness (QED) is 0.749. The molecule has 2 nitrogen and oxygen atoms in total. The molecule has 0 aliphatic heterocycles. The Hall–Kier alpha value is -0.630. The molecule has 0 bridgehead atoms. The topological polar surface area (TPSA) is 43.1 Å². The first kappa shape index (κ1) is 11.4. The van der Waals surface area contributed by atoms with E-state index in [1.807, 2.05) is 0 Å². The van der Waals surface area contributed by atoms with E-state index in [1.165, 1.54) is 12.8 Å². The van der Waals surface area contributed by atoms with Gasteiger partial charge in [-0.15, -0.1) is 0 Å². The lowest BCUT2D eigenvalue weighted by Gasteiger charge is -2.11. The van der Waals surface area contributed by atoms with Gasteiger partial charge in [-0.1, -0.05) is 25.8 Å². The van der Waals surface area contributed by atoms with E-state index in [1.54, 1.807) is 0 Å². The van der Waals surface area contributed by atoms with Crippen LogP contribution in [-0.4, -0.2) is 11.8 Å². The summed E-state index contributed by atoms with van der Waals surface area (Å²) in [4.78, 5) is 11.8. The van der Waals surface area contributed by atoms with Gasteiger partial charge in [0.25, 0.3) is 0 Å². The summed E-state index contributed by atoms with van der Waals surface area (Å²) in [7, 11) is 0. The van der Waals surface area contributed by atoms with Gasteiger partial charge in [0.2, 0.25) is 0 Å². The second-order valence-electron chi connectivity index (χ2n) is 4.09. The highest BCUT2D eigenvalue weighted by molar-refractivity contribution is 5.99. The van der Waals surface area contributed by atoms with Gasteiger partial charge in [0.15, 0.2) is 5.78 Å². The molecule has 0 aromatic heterocycles. The molecule has 0 heterocycles. The summed E-state index contributed by atoms with van der Waals surface area (Å²) in [5.74, 6) is 0.189. The lowest BCUT2D eigenvalue weighted by Crippen LogP contribution is -2.31. The zero-order valence-electron chi connectivity index (χ0n) is 9.09. The summed E-state index contributed by atoms with van der Waals surface area (Å²) in [6, 6.07) is -0.260. The molecule has 1 aliphatic rings. The molecule has 1 unspecified atom stereocenters. The van der Waals surface area contributed by atoms with Crippen LogP contribution >= 0.6 is 0 Å². The number of allylic oxidation sites excluding steroid dienone is 1. The molecule has 2 N–H and O–H groups in total. The maximum Gasteiger partial charge on any atom is 0.175 e. The van der Waals surface area contributed by atoms with Crippen molar-refractivity contribution in [3.63, 3.8) is 0 Å². The van der Waals surface area contributed by atoms with E-state index >= 15 is 0 Å². The minimum Gasteiger partial charge on any atom is -0.321 e. The Kier molecular flexibility index (Phi) is 4.88. The summed E-state index contributed by atoms with van der Waals surface area (Å²) in [5, 5.41) is 0. The molecule has 0 saturated carbocycles. The molecule has 0 fully saturated rings. The Labute approximate surface area is 86.6 Å². The van der Waals surface area contributed by atoms with Gasteiger partial charge in [-0.05, 0) is 37.7 Å². The zero-order chi connectivity index (χ0) is 10.4. The number of hydrogen-bond acceptors (Lipinski definition) is 2. The van der Waals surface area contributed by atoms with Gasteiger partial charge in [0.05, 0.1) is 6.04 Å². The molecule has 1 rings (SSSR count). The Balaban J connectivity index is 2.53. The van der Waals surface area contributed by atoms with Crippen molar-refractivity contribution in [3.8, 4) is 0 Å². The third kappa shape index (κ3) is 3.26. The van der Waals surface area contributed by atoms with Gasteiger partial charge in [-0.2, -0.15) is 0 Å². The Bertz CT molecular complexity index is 220. The summed E-state index contributed by atoms with van der Waals surface area (Å²) in [5.41, 5.74) is 6.81. The van der Waals surface area contributed by atoms with Crippen molar-refractivity contribution in [3.05, 3.63) is 11.6 Å². The Morgan fingerprint density at radius 3 is 3.00 bits per heavy atom. The number of Topliss-reactive ketones (excluding diaryl/α,β-unsaturated/α-hetero) is 1. The van der Waals surface area contributed by atoms with Crippen molar-refractivity contribution in [1.29, 1.82) is 0 Å². The van der Waals surface area contributed by atoms with Crippen LogP contribution < -0.4 is 5.73 Å². The van der Waals surface area contributed by atoms with Crippen LogP contribution in [0.2, 0.25) is 0 Å². The van der Waals surface area contributed by atoms with Crippen LogP contribution in [0.15, 0.2) is 11.6 Å². The van der Waals surface area contributed by atoms with Crippen LogP contribution in [-0.2, 0) is 4.79 Å². The van der Waals surface area contributed by atoms with Crippen molar-refractivity contribution in [1.82, 2.24) is 0 Å². The average molecular weight is 195 g/mol. The first-order chi connectivity index (χ1) is 6.75. The monoisotopic (exact) mass is 195 g/mol. The van der Waals surface area contributed by atoms with Gasteiger partial charge < -0.3 is 5.73 Å². The van der Waals surface area contributed by atoms with Crippen LogP contribution in [0.3, 0.4) is 0 Å². The summed E-state index contributed by atoms with van der Waals surface area (Å²) in [6.07, 6.45) is 9.52. The molecule has 80 valence electrons. The number of ketones is 1. The van der Waals surface area contributed by atoms with Crippen molar-refractivity contribution in [2.24, 2.45) is 5.73 Å². The number of carbonyl (C=O) groups is 1. The van der Waals surface area contributed by atoms with Crippen LogP contribution in [0, 0.1) is 0 Å². The smallest absolute Gasteiger partial charge is 0.175 e. The maximum absolute atomic E-state index is 11.8. The third-order valence-electron chi connectivity index (χ3n) is 2.79. The minimum absolute atomic E-state index is 0.189. The molecule has 0 radical (unpaired) electrons. The van der Waals surface area contributed by atoms with Crippen LogP contribution in [0.5, 0.6) is 0 Å². The second kappa shape index (κ2) is 5.97. The SMILES string of the molecule is CCCC(N)C(=O)C1=CCCCCC1. The van der Waals surface area contributed by atoms with Crippen molar-refractivity contribution in [2.75, 3.05) is 0 Å². The summed E-state index contributed by atoms with van der Waals surface area (Å²) in [6.45, 7) is 2.06. The van der Waals surface area contributed by atoms with E-state index in [2.05, 4.69) is 13.0 Å². The summed E-state index contributed by atoms with van der Waals surface area (Å²) >= 11 is 0. The predicted octanol–water partition coefficient (Wildman–Crippen LogP) is 2.57. The first-order valence-electron chi connectivity index (χ1n) is 5.74. The van der Waals surface area contributed by atoms with Gasteiger partial charge in [-0.25, -0.2) is 0 Å². The van der Waals surface area contributed by atoms with E-state index in [9.17, 15) is 4.79 Å². The van der Waals surface area contributed by atoms with Crippen molar-refractivity contribution >= 4 is 5.78 Å². The fourth-order valence-corrected chi connectivity index (χ4v) is 1.92. The van der Waals surface area contributed by atoms with Gasteiger partial charge >= 0.3 is 0 Å². The lowest BCUT2D eigenvalue weighted by molar-refractivity contribution is -0.117. The Morgan fingerprint density at radius 1 is 1.50 bits per heavy atom. The largest absolute Gasteiger partial charge is 0.321 e. The third-order valence-corrected chi connectivity index (χ3v) is 2.79. The number of nitrogens with two attached hydrogens (primary N) is 1.